The Morgan fingerprint density at radius 2 is 1.88 bits per heavy atom. The quantitative estimate of drug-likeness (QED) is 0.878. The minimum atomic E-state index is -0.0903. The zero-order chi connectivity index (χ0) is 17.8. The third-order valence-electron chi connectivity index (χ3n) is 4.58. The standard InChI is InChI=1S/C20H23N3O2/c1-14-5-3-6-18(15(14)2)22-19(24)13-21-16-8-10-17(11-9-16)23-12-4-7-20(23)25/h3,5-6,8-11,21H,4,7,12-13H2,1-2H3,(H,22,24). The second kappa shape index (κ2) is 7.38. The Hall–Kier alpha value is -2.82. The summed E-state index contributed by atoms with van der Waals surface area (Å²) in [4.78, 5) is 25.7. The summed E-state index contributed by atoms with van der Waals surface area (Å²) in [5, 5.41) is 6.04. The van der Waals surface area contributed by atoms with E-state index < -0.39 is 0 Å². The number of amides is 2. The molecule has 1 heterocycles. The van der Waals surface area contributed by atoms with Crippen molar-refractivity contribution in [3.05, 3.63) is 53.6 Å². The zero-order valence-corrected chi connectivity index (χ0v) is 14.6. The average Bonchev–Trinajstić information content (AvgIpc) is 3.04. The highest BCUT2D eigenvalue weighted by Gasteiger charge is 2.21. The molecule has 0 saturated carbocycles. The maximum absolute atomic E-state index is 12.1. The monoisotopic (exact) mass is 337 g/mol. The minimum Gasteiger partial charge on any atom is -0.376 e. The van der Waals surface area contributed by atoms with Gasteiger partial charge in [-0.3, -0.25) is 9.59 Å². The molecule has 0 aromatic heterocycles. The van der Waals surface area contributed by atoms with Crippen LogP contribution in [0.3, 0.4) is 0 Å². The molecule has 1 saturated heterocycles. The lowest BCUT2D eigenvalue weighted by atomic mass is 10.1. The van der Waals surface area contributed by atoms with Crippen LogP contribution in [0.5, 0.6) is 0 Å². The Morgan fingerprint density at radius 1 is 1.12 bits per heavy atom. The highest BCUT2D eigenvalue weighted by Crippen LogP contribution is 2.23. The average molecular weight is 337 g/mol. The molecule has 2 aromatic carbocycles. The van der Waals surface area contributed by atoms with Gasteiger partial charge in [0.2, 0.25) is 11.8 Å². The van der Waals surface area contributed by atoms with Crippen molar-refractivity contribution in [3.8, 4) is 0 Å². The largest absolute Gasteiger partial charge is 0.376 e. The number of nitrogens with zero attached hydrogens (tertiary/aromatic N) is 1. The molecule has 0 aliphatic carbocycles. The van der Waals surface area contributed by atoms with Crippen molar-refractivity contribution >= 4 is 28.9 Å². The van der Waals surface area contributed by atoms with E-state index in [0.29, 0.717) is 6.42 Å². The molecule has 0 atom stereocenters. The molecule has 5 heteroatoms. The summed E-state index contributed by atoms with van der Waals surface area (Å²) < 4.78 is 0. The first-order valence-corrected chi connectivity index (χ1v) is 8.55. The van der Waals surface area contributed by atoms with E-state index in [2.05, 4.69) is 10.6 Å². The maximum Gasteiger partial charge on any atom is 0.243 e. The van der Waals surface area contributed by atoms with Gasteiger partial charge in [0.1, 0.15) is 0 Å². The van der Waals surface area contributed by atoms with E-state index in [1.165, 1.54) is 0 Å². The van der Waals surface area contributed by atoms with E-state index in [0.717, 1.165) is 41.2 Å². The van der Waals surface area contributed by atoms with Crippen LogP contribution in [0.15, 0.2) is 42.5 Å². The topological polar surface area (TPSA) is 61.4 Å². The number of hydrogen-bond donors (Lipinski definition) is 2. The lowest BCUT2D eigenvalue weighted by Gasteiger charge is -2.16. The molecule has 0 radical (unpaired) electrons. The maximum atomic E-state index is 12.1. The summed E-state index contributed by atoms with van der Waals surface area (Å²) in [5.41, 5.74) is 4.84. The number of benzene rings is 2. The molecule has 5 nitrogen and oxygen atoms in total. The Bertz CT molecular complexity index is 784. The Labute approximate surface area is 148 Å². The van der Waals surface area contributed by atoms with Crippen molar-refractivity contribution in [3.63, 3.8) is 0 Å². The first kappa shape index (κ1) is 17.0. The van der Waals surface area contributed by atoms with Crippen molar-refractivity contribution < 1.29 is 9.59 Å². The van der Waals surface area contributed by atoms with Gasteiger partial charge < -0.3 is 15.5 Å². The van der Waals surface area contributed by atoms with Crippen LogP contribution in [-0.4, -0.2) is 24.9 Å². The number of carbonyl (C=O) groups excluding carboxylic acids is 2. The summed E-state index contributed by atoms with van der Waals surface area (Å²) in [6.07, 6.45) is 1.54. The van der Waals surface area contributed by atoms with E-state index in [-0.39, 0.29) is 18.4 Å². The van der Waals surface area contributed by atoms with Gasteiger partial charge in [-0.25, -0.2) is 0 Å². The number of hydrogen-bond acceptors (Lipinski definition) is 3. The molecule has 0 bridgehead atoms. The number of rotatable bonds is 5. The summed E-state index contributed by atoms with van der Waals surface area (Å²) in [6.45, 7) is 4.99. The first-order valence-electron chi connectivity index (χ1n) is 8.55. The van der Waals surface area contributed by atoms with Crippen molar-refractivity contribution in [2.24, 2.45) is 0 Å². The van der Waals surface area contributed by atoms with Crippen LogP contribution in [-0.2, 0) is 9.59 Å². The molecule has 1 fully saturated rings. The van der Waals surface area contributed by atoms with E-state index in [1.807, 2.05) is 56.3 Å². The summed E-state index contributed by atoms with van der Waals surface area (Å²) in [5.74, 6) is 0.0844. The van der Waals surface area contributed by atoms with Crippen LogP contribution in [0.4, 0.5) is 17.1 Å². The summed E-state index contributed by atoms with van der Waals surface area (Å²) >= 11 is 0. The van der Waals surface area contributed by atoms with Crippen molar-refractivity contribution in [1.82, 2.24) is 0 Å². The normalized spacial score (nSPS) is 13.8. The Balaban J connectivity index is 1.55. The van der Waals surface area contributed by atoms with Crippen molar-refractivity contribution in [1.29, 1.82) is 0 Å². The van der Waals surface area contributed by atoms with Gasteiger partial charge in [-0.15, -0.1) is 0 Å². The summed E-state index contributed by atoms with van der Waals surface area (Å²) in [6, 6.07) is 13.5. The molecular formula is C20H23N3O2. The molecule has 0 unspecified atom stereocenters. The van der Waals surface area contributed by atoms with E-state index in [4.69, 9.17) is 0 Å². The van der Waals surface area contributed by atoms with Gasteiger partial charge in [0.15, 0.2) is 0 Å². The Kier molecular flexibility index (Phi) is 5.03. The number of nitrogens with one attached hydrogen (secondary N) is 2. The number of anilines is 3. The fourth-order valence-corrected chi connectivity index (χ4v) is 2.94. The van der Waals surface area contributed by atoms with Crippen LogP contribution < -0.4 is 15.5 Å². The van der Waals surface area contributed by atoms with Gasteiger partial charge in [-0.05, 0) is 61.7 Å². The SMILES string of the molecule is Cc1cccc(NC(=O)CNc2ccc(N3CCCC3=O)cc2)c1C. The molecular weight excluding hydrogens is 314 g/mol. The van der Waals surface area contributed by atoms with E-state index in [1.54, 1.807) is 4.90 Å². The van der Waals surface area contributed by atoms with Gasteiger partial charge >= 0.3 is 0 Å². The Morgan fingerprint density at radius 3 is 2.56 bits per heavy atom. The third-order valence-corrected chi connectivity index (χ3v) is 4.58. The third kappa shape index (κ3) is 3.99. The smallest absolute Gasteiger partial charge is 0.243 e. The lowest BCUT2D eigenvalue weighted by Crippen LogP contribution is -2.24. The molecule has 1 aliphatic rings. The van der Waals surface area contributed by atoms with E-state index in [9.17, 15) is 9.59 Å². The molecule has 3 rings (SSSR count). The zero-order valence-electron chi connectivity index (χ0n) is 14.6. The fourth-order valence-electron chi connectivity index (χ4n) is 2.94. The van der Waals surface area contributed by atoms with Crippen molar-refractivity contribution in [2.75, 3.05) is 28.6 Å². The summed E-state index contributed by atoms with van der Waals surface area (Å²) in [7, 11) is 0. The van der Waals surface area contributed by atoms with Crippen molar-refractivity contribution in [2.45, 2.75) is 26.7 Å². The highest BCUT2D eigenvalue weighted by molar-refractivity contribution is 5.96. The second-order valence-corrected chi connectivity index (χ2v) is 6.35. The lowest BCUT2D eigenvalue weighted by molar-refractivity contribution is -0.117. The van der Waals surface area contributed by atoms with Crippen LogP contribution in [0.1, 0.15) is 24.0 Å². The van der Waals surface area contributed by atoms with Gasteiger partial charge in [0.05, 0.1) is 6.54 Å². The molecule has 0 spiro atoms. The van der Waals surface area contributed by atoms with Gasteiger partial charge in [0.25, 0.3) is 0 Å². The molecule has 2 N–H and O–H groups in total. The second-order valence-electron chi connectivity index (χ2n) is 6.35. The molecule has 130 valence electrons. The van der Waals surface area contributed by atoms with Gasteiger partial charge in [-0.2, -0.15) is 0 Å². The highest BCUT2D eigenvalue weighted by atomic mass is 16.2. The molecule has 2 aromatic rings. The predicted octanol–water partition coefficient (Wildman–Crippen LogP) is 3.48. The van der Waals surface area contributed by atoms with Gasteiger partial charge in [-0.1, -0.05) is 12.1 Å². The van der Waals surface area contributed by atoms with Gasteiger partial charge in [0, 0.05) is 30.0 Å². The molecule has 25 heavy (non-hydrogen) atoms. The number of aryl methyl sites for hydroxylation is 1. The molecule has 2 amide bonds. The van der Waals surface area contributed by atoms with Crippen LogP contribution >= 0.6 is 0 Å². The van der Waals surface area contributed by atoms with Crippen LogP contribution in [0, 0.1) is 13.8 Å². The molecule has 1 aliphatic heterocycles. The first-order chi connectivity index (χ1) is 12.0. The fraction of sp³-hybridized carbons (Fsp3) is 0.300. The minimum absolute atomic E-state index is 0.0903. The predicted molar refractivity (Wildman–Crippen MR) is 101 cm³/mol. The number of carbonyl (C=O) groups is 2. The van der Waals surface area contributed by atoms with Crippen LogP contribution in [0.25, 0.3) is 0 Å². The van der Waals surface area contributed by atoms with E-state index >= 15 is 0 Å². The van der Waals surface area contributed by atoms with Crippen LogP contribution in [0.2, 0.25) is 0 Å².